The van der Waals surface area contributed by atoms with Gasteiger partial charge in [-0.1, -0.05) is 0 Å². The van der Waals surface area contributed by atoms with Crippen molar-refractivity contribution in [3.8, 4) is 5.75 Å². The Bertz CT molecular complexity index is 1300. The van der Waals surface area contributed by atoms with Crippen LogP contribution in [-0.4, -0.2) is 48.7 Å². The molecule has 6 rings (SSSR count). The van der Waals surface area contributed by atoms with Gasteiger partial charge >= 0.3 is 0 Å². The van der Waals surface area contributed by atoms with Gasteiger partial charge in [0, 0.05) is 54.3 Å². The van der Waals surface area contributed by atoms with Crippen molar-refractivity contribution in [2.45, 2.75) is 37.9 Å². The number of nitrogens with zero attached hydrogens (tertiary/aromatic N) is 2. The van der Waals surface area contributed by atoms with Crippen molar-refractivity contribution >= 4 is 38.8 Å². The summed E-state index contributed by atoms with van der Waals surface area (Å²) in [6, 6.07) is 4.93. The van der Waals surface area contributed by atoms with E-state index in [4.69, 9.17) is 10.5 Å². The maximum Gasteiger partial charge on any atom is 0.263 e. The van der Waals surface area contributed by atoms with Gasteiger partial charge in [-0.2, -0.15) is 0 Å². The predicted molar refractivity (Wildman–Crippen MR) is 123 cm³/mol. The normalized spacial score (nSPS) is 23.6. The standard InChI is InChI=1S/C23H23F2N5O2S/c1-10-2-3-14-19(26)21(33-23(14)28-10)22(31)29-12-5-15-16(24)6-17(18(25)20(15)32-9-12)30-8-11-4-13(30)7-27-11/h2-3,6,11-13,27H,4-5,7-9,26H2,1H3,(H,29,31)/t11-,12+,13-/m0/s1. The highest BCUT2D eigenvalue weighted by Crippen LogP contribution is 2.40. The van der Waals surface area contributed by atoms with Crippen molar-refractivity contribution in [2.24, 2.45) is 0 Å². The average Bonchev–Trinajstić information content (AvgIpc) is 3.51. The fraction of sp³-hybridized carbons (Fsp3) is 0.391. The molecule has 2 fully saturated rings. The Morgan fingerprint density at radius 2 is 2.24 bits per heavy atom. The summed E-state index contributed by atoms with van der Waals surface area (Å²) in [6.45, 7) is 3.35. The van der Waals surface area contributed by atoms with Gasteiger partial charge in [-0.15, -0.1) is 11.3 Å². The number of thiophene rings is 1. The number of rotatable bonds is 3. The lowest BCUT2D eigenvalue weighted by molar-refractivity contribution is 0.0918. The average molecular weight is 472 g/mol. The van der Waals surface area contributed by atoms with E-state index in [0.717, 1.165) is 24.0 Å². The van der Waals surface area contributed by atoms with Crippen molar-refractivity contribution in [3.63, 3.8) is 0 Å². The fourth-order valence-electron chi connectivity index (χ4n) is 5.12. The van der Waals surface area contributed by atoms with Gasteiger partial charge in [0.25, 0.3) is 5.91 Å². The Balaban J connectivity index is 1.23. The van der Waals surface area contributed by atoms with E-state index in [0.29, 0.717) is 28.0 Å². The lowest BCUT2D eigenvalue weighted by Crippen LogP contribution is -2.45. The largest absolute Gasteiger partial charge is 0.488 e. The molecule has 2 aromatic heterocycles. The van der Waals surface area contributed by atoms with Crippen molar-refractivity contribution in [3.05, 3.63) is 46.0 Å². The number of carbonyl (C=O) groups excluding carboxylic acids is 1. The molecule has 0 unspecified atom stereocenters. The first-order valence-electron chi connectivity index (χ1n) is 11.0. The molecule has 0 radical (unpaired) electrons. The number of anilines is 2. The Morgan fingerprint density at radius 1 is 1.39 bits per heavy atom. The number of nitrogens with one attached hydrogen (secondary N) is 2. The first kappa shape index (κ1) is 20.6. The molecule has 0 aliphatic carbocycles. The van der Waals surface area contributed by atoms with Gasteiger partial charge in [0.2, 0.25) is 0 Å². The second-order valence-electron chi connectivity index (χ2n) is 8.98. The van der Waals surface area contributed by atoms with Crippen LogP contribution in [0.15, 0.2) is 18.2 Å². The maximum atomic E-state index is 15.3. The summed E-state index contributed by atoms with van der Waals surface area (Å²) in [7, 11) is 0. The highest BCUT2D eigenvalue weighted by molar-refractivity contribution is 7.21. The lowest BCUT2D eigenvalue weighted by atomic mass is 10.00. The summed E-state index contributed by atoms with van der Waals surface area (Å²) in [5.74, 6) is -1.47. The van der Waals surface area contributed by atoms with Gasteiger partial charge in [0.1, 0.15) is 22.1 Å². The van der Waals surface area contributed by atoms with E-state index >= 15 is 8.78 Å². The first-order chi connectivity index (χ1) is 15.9. The van der Waals surface area contributed by atoms with E-state index in [1.165, 1.54) is 17.4 Å². The summed E-state index contributed by atoms with van der Waals surface area (Å²) < 4.78 is 36.0. The van der Waals surface area contributed by atoms with Gasteiger partial charge in [-0.25, -0.2) is 13.8 Å². The number of aromatic nitrogens is 1. The number of pyridine rings is 1. The molecule has 33 heavy (non-hydrogen) atoms. The van der Waals surface area contributed by atoms with Crippen molar-refractivity contribution < 1.29 is 18.3 Å². The smallest absolute Gasteiger partial charge is 0.263 e. The molecule has 1 aromatic carbocycles. The second-order valence-corrected chi connectivity index (χ2v) is 9.98. The number of halogens is 2. The monoisotopic (exact) mass is 471 g/mol. The molecule has 3 aliphatic rings. The van der Waals surface area contributed by atoms with Gasteiger partial charge in [0.05, 0.1) is 17.4 Å². The number of hydrogen-bond donors (Lipinski definition) is 3. The molecular formula is C23H23F2N5O2S. The number of nitrogens with two attached hydrogens (primary N) is 1. The highest BCUT2D eigenvalue weighted by atomic mass is 32.1. The van der Waals surface area contributed by atoms with Crippen LogP contribution in [0.25, 0.3) is 10.2 Å². The third-order valence-electron chi connectivity index (χ3n) is 6.77. The molecule has 1 amide bonds. The minimum Gasteiger partial charge on any atom is -0.488 e. The molecule has 3 aromatic rings. The van der Waals surface area contributed by atoms with E-state index in [2.05, 4.69) is 15.6 Å². The van der Waals surface area contributed by atoms with Crippen LogP contribution >= 0.6 is 11.3 Å². The molecular weight excluding hydrogens is 448 g/mol. The van der Waals surface area contributed by atoms with Crippen molar-refractivity contribution in [1.29, 1.82) is 0 Å². The molecule has 4 N–H and O–H groups in total. The number of aryl methyl sites for hydroxylation is 1. The zero-order chi connectivity index (χ0) is 22.9. The maximum absolute atomic E-state index is 15.3. The SMILES string of the molecule is Cc1ccc2c(N)c(C(=O)N[C@H]3COc4c(F)c(N5C[C@@H]6C[C@H]5CN6)cc(F)c4C3)sc2n1. The quantitative estimate of drug-likeness (QED) is 0.544. The number of piperazine rings is 1. The van der Waals surface area contributed by atoms with E-state index in [1.54, 1.807) is 0 Å². The van der Waals surface area contributed by atoms with E-state index in [1.807, 2.05) is 24.0 Å². The van der Waals surface area contributed by atoms with Crippen LogP contribution in [0, 0.1) is 18.6 Å². The Hall–Kier alpha value is -2.98. The van der Waals surface area contributed by atoms with Gasteiger partial charge < -0.3 is 26.0 Å². The Labute approximate surface area is 192 Å². The zero-order valence-electron chi connectivity index (χ0n) is 18.0. The summed E-state index contributed by atoms with van der Waals surface area (Å²) in [6.07, 6.45) is 1.07. The van der Waals surface area contributed by atoms with Gasteiger partial charge in [-0.05, 0) is 25.5 Å². The van der Waals surface area contributed by atoms with Crippen LogP contribution < -0.4 is 26.0 Å². The van der Waals surface area contributed by atoms with E-state index in [9.17, 15) is 4.79 Å². The Morgan fingerprint density at radius 3 is 3.00 bits per heavy atom. The minimum atomic E-state index is -0.529. The van der Waals surface area contributed by atoms with Crippen LogP contribution in [0.5, 0.6) is 5.75 Å². The molecule has 2 bridgehead atoms. The molecule has 10 heteroatoms. The van der Waals surface area contributed by atoms with Crippen molar-refractivity contribution in [1.82, 2.24) is 15.6 Å². The molecule has 7 nitrogen and oxygen atoms in total. The molecule has 5 heterocycles. The number of carbonyl (C=O) groups is 1. The third-order valence-corrected chi connectivity index (χ3v) is 7.88. The van der Waals surface area contributed by atoms with E-state index < -0.39 is 17.7 Å². The topological polar surface area (TPSA) is 92.5 Å². The van der Waals surface area contributed by atoms with Crippen LogP contribution in [-0.2, 0) is 6.42 Å². The summed E-state index contributed by atoms with van der Waals surface area (Å²) >= 11 is 1.21. The Kier molecular flexibility index (Phi) is 4.70. The predicted octanol–water partition coefficient (Wildman–Crippen LogP) is 2.75. The number of fused-ring (bicyclic) bond motifs is 4. The number of hydrogen-bond acceptors (Lipinski definition) is 7. The molecule has 2 saturated heterocycles. The highest BCUT2D eigenvalue weighted by Gasteiger charge is 2.40. The van der Waals surface area contributed by atoms with Gasteiger partial charge in [-0.3, -0.25) is 4.79 Å². The van der Waals surface area contributed by atoms with Crippen molar-refractivity contribution in [2.75, 3.05) is 30.3 Å². The summed E-state index contributed by atoms with van der Waals surface area (Å²) in [5, 5.41) is 6.95. The van der Waals surface area contributed by atoms with Crippen LogP contribution in [0.1, 0.15) is 27.3 Å². The van der Waals surface area contributed by atoms with Crippen LogP contribution in [0.3, 0.4) is 0 Å². The van der Waals surface area contributed by atoms with Crippen LogP contribution in [0.4, 0.5) is 20.2 Å². The molecule has 3 atom stereocenters. The van der Waals surface area contributed by atoms with E-state index in [-0.39, 0.29) is 42.0 Å². The molecule has 0 saturated carbocycles. The fourth-order valence-corrected chi connectivity index (χ4v) is 6.17. The second kappa shape index (κ2) is 7.53. The zero-order valence-corrected chi connectivity index (χ0v) is 18.8. The summed E-state index contributed by atoms with van der Waals surface area (Å²) in [4.78, 5) is 20.3. The number of amides is 1. The minimum absolute atomic E-state index is 0.0488. The number of benzene rings is 1. The molecule has 0 spiro atoms. The van der Waals surface area contributed by atoms with Gasteiger partial charge in [0.15, 0.2) is 11.6 Å². The molecule has 3 aliphatic heterocycles. The summed E-state index contributed by atoms with van der Waals surface area (Å²) in [5.41, 5.74) is 7.79. The third kappa shape index (κ3) is 3.31. The first-order valence-corrected chi connectivity index (χ1v) is 11.8. The lowest BCUT2D eigenvalue weighted by Gasteiger charge is -2.32. The molecule has 172 valence electrons. The van der Waals surface area contributed by atoms with Crippen LogP contribution in [0.2, 0.25) is 0 Å². The number of ether oxygens (including phenoxy) is 1. The number of nitrogen functional groups attached to an aromatic ring is 1.